The number of ether oxygens (including phenoxy) is 2. The van der Waals surface area contributed by atoms with Crippen LogP contribution in [0.15, 0.2) is 0 Å². The van der Waals surface area contributed by atoms with Crippen molar-refractivity contribution in [2.24, 2.45) is 5.41 Å². The van der Waals surface area contributed by atoms with Crippen LogP contribution in [-0.2, 0) is 23.9 Å². The zero-order valence-corrected chi connectivity index (χ0v) is 19.4. The first-order valence-electron chi connectivity index (χ1n) is 10.6. The molecule has 168 valence electrons. The summed E-state index contributed by atoms with van der Waals surface area (Å²) in [5.41, 5.74) is -0.374. The van der Waals surface area contributed by atoms with Crippen molar-refractivity contribution in [3.05, 3.63) is 0 Å². The fraction of sp³-hybridized carbons (Fsp3) is 0.857. The molecule has 0 aromatic heterocycles. The monoisotopic (exact) mass is 430 g/mol. The second-order valence-electron chi connectivity index (χ2n) is 8.62. The molecule has 1 rings (SSSR count). The number of carbonyl (C=O) groups excluding carboxylic acids is 3. The van der Waals surface area contributed by atoms with E-state index in [0.717, 1.165) is 25.7 Å². The fourth-order valence-corrected chi connectivity index (χ4v) is 3.80. The van der Waals surface area contributed by atoms with Crippen molar-refractivity contribution < 1.29 is 23.9 Å². The standard InChI is InChI=1S/C21H38N2O5S/c1-6-7-8-9-10-18(26)29-14-12-22-17(25)11-13-23(16-24)19-20(2,3)15-27-21(4,5)28-19/h16,19H,6-15H2,1-5H3,(H,22,25)/t19-/m1/s1. The highest BCUT2D eigenvalue weighted by Gasteiger charge is 2.44. The summed E-state index contributed by atoms with van der Waals surface area (Å²) >= 11 is 1.27. The first kappa shape index (κ1) is 25.9. The third-order valence-electron chi connectivity index (χ3n) is 4.81. The molecule has 1 aliphatic rings. The molecule has 0 aliphatic carbocycles. The van der Waals surface area contributed by atoms with Gasteiger partial charge in [-0.2, -0.15) is 0 Å². The van der Waals surface area contributed by atoms with Gasteiger partial charge in [-0.15, -0.1) is 0 Å². The number of rotatable bonds is 13. The lowest BCUT2D eigenvalue weighted by atomic mass is 9.89. The maximum atomic E-state index is 12.1. The average molecular weight is 431 g/mol. The molecule has 1 N–H and O–H groups in total. The molecule has 7 nitrogen and oxygen atoms in total. The summed E-state index contributed by atoms with van der Waals surface area (Å²) in [7, 11) is 0. The number of nitrogens with zero attached hydrogens (tertiary/aromatic N) is 1. The van der Waals surface area contributed by atoms with Gasteiger partial charge in [0, 0.05) is 37.1 Å². The summed E-state index contributed by atoms with van der Waals surface area (Å²) in [5, 5.41) is 3.00. The van der Waals surface area contributed by atoms with Gasteiger partial charge in [0.25, 0.3) is 0 Å². The molecule has 0 bridgehead atoms. The van der Waals surface area contributed by atoms with Gasteiger partial charge in [-0.05, 0) is 20.3 Å². The average Bonchev–Trinajstić information content (AvgIpc) is 2.66. The highest BCUT2D eigenvalue weighted by Crippen LogP contribution is 2.36. The summed E-state index contributed by atoms with van der Waals surface area (Å²) in [4.78, 5) is 37.0. The lowest BCUT2D eigenvalue weighted by Gasteiger charge is -2.48. The van der Waals surface area contributed by atoms with Gasteiger partial charge in [-0.1, -0.05) is 51.8 Å². The van der Waals surface area contributed by atoms with E-state index in [1.807, 2.05) is 27.7 Å². The van der Waals surface area contributed by atoms with Crippen LogP contribution in [-0.4, -0.2) is 59.8 Å². The molecular weight excluding hydrogens is 392 g/mol. The maximum Gasteiger partial charge on any atom is 0.221 e. The molecule has 0 saturated carbocycles. The van der Waals surface area contributed by atoms with Crippen LogP contribution in [0.3, 0.4) is 0 Å². The van der Waals surface area contributed by atoms with Crippen LogP contribution in [0.5, 0.6) is 0 Å². The third kappa shape index (κ3) is 9.96. The molecule has 29 heavy (non-hydrogen) atoms. The van der Waals surface area contributed by atoms with Crippen LogP contribution in [0.2, 0.25) is 0 Å². The topological polar surface area (TPSA) is 84.9 Å². The zero-order valence-electron chi connectivity index (χ0n) is 18.6. The molecule has 1 heterocycles. The first-order chi connectivity index (χ1) is 13.6. The number of amides is 2. The van der Waals surface area contributed by atoms with Crippen molar-refractivity contribution in [3.8, 4) is 0 Å². The predicted molar refractivity (Wildman–Crippen MR) is 115 cm³/mol. The largest absolute Gasteiger partial charge is 0.355 e. The highest BCUT2D eigenvalue weighted by atomic mass is 32.2. The van der Waals surface area contributed by atoms with E-state index in [1.54, 1.807) is 0 Å². The molecule has 0 spiro atoms. The van der Waals surface area contributed by atoms with Crippen LogP contribution in [0.25, 0.3) is 0 Å². The molecule has 8 heteroatoms. The number of hydrogen-bond donors (Lipinski definition) is 1. The molecule has 0 aromatic carbocycles. The van der Waals surface area contributed by atoms with Crippen LogP contribution in [0, 0.1) is 5.41 Å². The maximum absolute atomic E-state index is 12.1. The quantitative estimate of drug-likeness (QED) is 0.356. The molecule has 1 saturated heterocycles. The Morgan fingerprint density at radius 1 is 1.17 bits per heavy atom. The van der Waals surface area contributed by atoms with Crippen LogP contribution in [0.1, 0.15) is 73.1 Å². The Hall–Kier alpha value is -1.12. The van der Waals surface area contributed by atoms with E-state index >= 15 is 0 Å². The zero-order chi connectivity index (χ0) is 21.9. The van der Waals surface area contributed by atoms with Crippen LogP contribution < -0.4 is 5.32 Å². The number of unbranched alkanes of at least 4 members (excludes halogenated alkanes) is 3. The molecule has 1 fully saturated rings. The Morgan fingerprint density at radius 2 is 1.90 bits per heavy atom. The number of nitrogens with one attached hydrogen (secondary N) is 1. The summed E-state index contributed by atoms with van der Waals surface area (Å²) in [6.45, 7) is 10.9. The van der Waals surface area contributed by atoms with E-state index in [4.69, 9.17) is 9.47 Å². The fourth-order valence-electron chi connectivity index (χ4n) is 3.08. The van der Waals surface area contributed by atoms with Crippen molar-refractivity contribution in [3.63, 3.8) is 0 Å². The molecule has 0 unspecified atom stereocenters. The lowest BCUT2D eigenvalue weighted by Crippen LogP contribution is -2.57. The van der Waals surface area contributed by atoms with Gasteiger partial charge in [0.15, 0.2) is 10.9 Å². The van der Waals surface area contributed by atoms with Gasteiger partial charge in [0.2, 0.25) is 12.3 Å². The molecule has 1 atom stereocenters. The van der Waals surface area contributed by atoms with Crippen molar-refractivity contribution in [2.75, 3.05) is 25.4 Å². The Kier molecular flexibility index (Phi) is 11.2. The lowest BCUT2D eigenvalue weighted by molar-refractivity contribution is -0.336. The minimum Gasteiger partial charge on any atom is -0.355 e. The minimum atomic E-state index is -0.774. The van der Waals surface area contributed by atoms with Crippen molar-refractivity contribution in [1.29, 1.82) is 0 Å². The summed E-state index contributed by atoms with van der Waals surface area (Å²) in [6.07, 6.45) is 5.41. The minimum absolute atomic E-state index is 0.142. The molecule has 2 amide bonds. The van der Waals surface area contributed by atoms with Crippen LogP contribution in [0.4, 0.5) is 0 Å². The highest BCUT2D eigenvalue weighted by molar-refractivity contribution is 8.13. The van der Waals surface area contributed by atoms with E-state index in [9.17, 15) is 14.4 Å². The van der Waals surface area contributed by atoms with Crippen molar-refractivity contribution in [1.82, 2.24) is 10.2 Å². The van der Waals surface area contributed by atoms with E-state index in [-0.39, 0.29) is 29.4 Å². The SMILES string of the molecule is CCCCCCC(=O)SCCNC(=O)CCN(C=O)[C@@H]1OC(C)(C)OCC1(C)C. The Bertz CT molecular complexity index is 539. The smallest absolute Gasteiger partial charge is 0.221 e. The predicted octanol–water partition coefficient (Wildman–Crippen LogP) is 3.32. The van der Waals surface area contributed by atoms with Crippen molar-refractivity contribution in [2.45, 2.75) is 85.2 Å². The van der Waals surface area contributed by atoms with E-state index in [0.29, 0.717) is 25.3 Å². The molecular formula is C21H38N2O5S. The van der Waals surface area contributed by atoms with Gasteiger partial charge >= 0.3 is 0 Å². The molecule has 0 radical (unpaired) electrons. The van der Waals surface area contributed by atoms with E-state index in [2.05, 4.69) is 12.2 Å². The van der Waals surface area contributed by atoms with E-state index in [1.165, 1.54) is 23.1 Å². The number of hydrogen-bond acceptors (Lipinski definition) is 6. The normalized spacial score (nSPS) is 20.1. The van der Waals surface area contributed by atoms with E-state index < -0.39 is 12.0 Å². The van der Waals surface area contributed by atoms with Crippen molar-refractivity contribution >= 4 is 29.2 Å². The van der Waals surface area contributed by atoms with Gasteiger partial charge in [0.1, 0.15) is 6.23 Å². The van der Waals surface area contributed by atoms with Gasteiger partial charge in [-0.25, -0.2) is 0 Å². The van der Waals surface area contributed by atoms with Crippen LogP contribution >= 0.6 is 11.8 Å². The Morgan fingerprint density at radius 3 is 2.55 bits per heavy atom. The number of thioether (sulfide) groups is 1. The summed E-state index contributed by atoms with van der Waals surface area (Å²) in [6, 6.07) is 0. The summed E-state index contributed by atoms with van der Waals surface area (Å²) < 4.78 is 11.6. The van der Waals surface area contributed by atoms with Gasteiger partial charge in [0.05, 0.1) is 6.61 Å². The third-order valence-corrected chi connectivity index (χ3v) is 5.75. The number of carbonyl (C=O) groups is 3. The second kappa shape index (κ2) is 12.5. The second-order valence-corrected chi connectivity index (χ2v) is 9.77. The first-order valence-corrected chi connectivity index (χ1v) is 11.5. The molecule has 1 aliphatic heterocycles. The Balaban J connectivity index is 2.30. The molecule has 0 aromatic rings. The Labute approximate surface area is 179 Å². The van der Waals surface area contributed by atoms with Gasteiger partial charge < -0.3 is 19.7 Å². The van der Waals surface area contributed by atoms with Gasteiger partial charge in [-0.3, -0.25) is 14.4 Å². The summed E-state index contributed by atoms with van der Waals surface area (Å²) in [5.74, 6) is -0.346.